The molecule has 4 fully saturated rings. The van der Waals surface area contributed by atoms with E-state index in [2.05, 4.69) is 6.92 Å². The van der Waals surface area contributed by atoms with E-state index < -0.39 is 22.7 Å². The molecule has 9 atom stereocenters. The van der Waals surface area contributed by atoms with E-state index in [1.165, 1.54) is 0 Å². The zero-order chi connectivity index (χ0) is 19.1. The number of fused-ring (bicyclic) bond motifs is 2. The number of carbonyl (C=O) groups is 1. The zero-order valence-corrected chi connectivity index (χ0v) is 16.8. The van der Waals surface area contributed by atoms with Gasteiger partial charge in [-0.15, -0.1) is 11.6 Å². The topological polar surface area (TPSA) is 79.3 Å². The predicted molar refractivity (Wildman–Crippen MR) is 97.0 cm³/mol. The summed E-state index contributed by atoms with van der Waals surface area (Å²) in [6.07, 6.45) is 2.23. The first-order valence-electron chi connectivity index (χ1n) is 10.3. The van der Waals surface area contributed by atoms with Crippen molar-refractivity contribution in [1.29, 1.82) is 0 Å². The summed E-state index contributed by atoms with van der Waals surface area (Å²) >= 11 is 6.87. The standard InChI is InChI=1S/C21H27ClO5/c1-9(2)20(25)15(22)13-7-19(13)18(3)5-4-10-11(8-26-16(10)23)12(18)6-14-21(19,27-14)17(20)24/h9,12-15,17,24-25H,4-8H2,1-3H3/t12-,13-,14-,15+,17+,18-,19-,20-,21+/m0/s1. The van der Waals surface area contributed by atoms with Crippen molar-refractivity contribution in [3.63, 3.8) is 0 Å². The summed E-state index contributed by atoms with van der Waals surface area (Å²) in [6.45, 7) is 6.56. The molecule has 1 saturated heterocycles. The summed E-state index contributed by atoms with van der Waals surface area (Å²) in [5.74, 6) is 0.0611. The van der Waals surface area contributed by atoms with Crippen molar-refractivity contribution in [3.8, 4) is 0 Å². The van der Waals surface area contributed by atoms with E-state index in [9.17, 15) is 15.0 Å². The fourth-order valence-electron chi connectivity index (χ4n) is 8.06. The molecule has 0 aromatic rings. The summed E-state index contributed by atoms with van der Waals surface area (Å²) in [5, 5.41) is 22.4. The van der Waals surface area contributed by atoms with Gasteiger partial charge in [0.2, 0.25) is 0 Å². The second-order valence-corrected chi connectivity index (χ2v) is 10.8. The highest BCUT2D eigenvalue weighted by Gasteiger charge is 2.94. The van der Waals surface area contributed by atoms with Crippen LogP contribution in [0.25, 0.3) is 0 Å². The number of halogens is 1. The second-order valence-electron chi connectivity index (χ2n) is 10.3. The van der Waals surface area contributed by atoms with Crippen LogP contribution in [0.1, 0.15) is 46.5 Å². The van der Waals surface area contributed by atoms with Gasteiger partial charge in [0.15, 0.2) is 0 Å². The maximum Gasteiger partial charge on any atom is 0.334 e. The summed E-state index contributed by atoms with van der Waals surface area (Å²) < 4.78 is 11.7. The van der Waals surface area contributed by atoms with Crippen LogP contribution in [0.15, 0.2) is 11.1 Å². The van der Waals surface area contributed by atoms with Crippen LogP contribution < -0.4 is 0 Å². The van der Waals surface area contributed by atoms with Gasteiger partial charge in [-0.2, -0.15) is 0 Å². The molecule has 3 saturated carbocycles. The van der Waals surface area contributed by atoms with Crippen molar-refractivity contribution in [2.24, 2.45) is 28.6 Å². The predicted octanol–water partition coefficient (Wildman–Crippen LogP) is 2.17. The average Bonchev–Trinajstić information content (AvgIpc) is 3.50. The SMILES string of the molecule is CC(C)[C@]1(O)[C@H](Cl)[C@@H]2C[C@]23[C@]2(O[C@H]2C[C@H]2C4=C(CC[C@@]23C)C(=O)OC4)[C@@H]1O. The fraction of sp³-hybridized carbons (Fsp3) is 0.857. The van der Waals surface area contributed by atoms with Crippen molar-refractivity contribution < 1.29 is 24.5 Å². The van der Waals surface area contributed by atoms with E-state index in [0.29, 0.717) is 6.61 Å². The molecule has 2 aliphatic heterocycles. The molecule has 0 aromatic carbocycles. The van der Waals surface area contributed by atoms with Gasteiger partial charge in [-0.1, -0.05) is 20.8 Å². The number of alkyl halides is 1. The Bertz CT molecular complexity index is 808. The Morgan fingerprint density at radius 3 is 2.78 bits per heavy atom. The van der Waals surface area contributed by atoms with Gasteiger partial charge in [-0.25, -0.2) is 4.79 Å². The minimum Gasteiger partial charge on any atom is -0.458 e. The number of esters is 1. The molecule has 6 rings (SSSR count). The van der Waals surface area contributed by atoms with Crippen LogP contribution in [0.3, 0.4) is 0 Å². The Morgan fingerprint density at radius 1 is 1.33 bits per heavy atom. The van der Waals surface area contributed by atoms with Gasteiger partial charge in [0.1, 0.15) is 23.9 Å². The molecule has 5 nitrogen and oxygen atoms in total. The lowest BCUT2D eigenvalue weighted by Crippen LogP contribution is -2.71. The van der Waals surface area contributed by atoms with Crippen molar-refractivity contribution in [2.45, 2.75) is 75.2 Å². The number of cyclic esters (lactones) is 1. The maximum absolute atomic E-state index is 12.1. The van der Waals surface area contributed by atoms with Gasteiger partial charge in [-0.3, -0.25) is 0 Å². The van der Waals surface area contributed by atoms with Crippen molar-refractivity contribution >= 4 is 17.6 Å². The molecule has 148 valence electrons. The maximum atomic E-state index is 12.1. The van der Waals surface area contributed by atoms with Gasteiger partial charge in [0.05, 0.1) is 11.5 Å². The van der Waals surface area contributed by atoms with Crippen LogP contribution >= 0.6 is 11.6 Å². The number of carbonyl (C=O) groups excluding carboxylic acids is 1. The minimum atomic E-state index is -1.34. The van der Waals surface area contributed by atoms with E-state index in [0.717, 1.165) is 36.8 Å². The highest BCUT2D eigenvalue weighted by atomic mass is 35.5. The molecule has 0 radical (unpaired) electrons. The van der Waals surface area contributed by atoms with Crippen LogP contribution in [0.5, 0.6) is 0 Å². The molecule has 0 aromatic heterocycles. The summed E-state index contributed by atoms with van der Waals surface area (Å²) in [7, 11) is 0. The van der Waals surface area contributed by atoms with E-state index in [1.807, 2.05) is 13.8 Å². The molecule has 0 bridgehead atoms. The lowest BCUT2D eigenvalue weighted by molar-refractivity contribution is -0.197. The van der Waals surface area contributed by atoms with Gasteiger partial charge in [-0.05, 0) is 54.4 Å². The highest BCUT2D eigenvalue weighted by Crippen LogP contribution is 2.87. The largest absolute Gasteiger partial charge is 0.458 e. The Kier molecular flexibility index (Phi) is 2.93. The molecular formula is C21H27ClO5. The Hall–Kier alpha value is -0.620. The third-order valence-corrected chi connectivity index (χ3v) is 10.2. The third-order valence-electron chi connectivity index (χ3n) is 9.58. The number of aliphatic hydroxyl groups excluding tert-OH is 1. The number of hydrogen-bond donors (Lipinski definition) is 2. The number of epoxide rings is 1. The molecule has 2 spiro atoms. The summed E-state index contributed by atoms with van der Waals surface area (Å²) in [5.41, 5.74) is -0.306. The van der Waals surface area contributed by atoms with Crippen molar-refractivity contribution in [2.75, 3.05) is 6.61 Å². The molecular weight excluding hydrogens is 368 g/mol. The number of rotatable bonds is 1. The van der Waals surface area contributed by atoms with E-state index >= 15 is 0 Å². The van der Waals surface area contributed by atoms with E-state index in [1.54, 1.807) is 0 Å². The Labute approximate surface area is 164 Å². The normalized spacial score (nSPS) is 60.1. The summed E-state index contributed by atoms with van der Waals surface area (Å²) in [4.78, 5) is 12.1. The molecule has 6 heteroatoms. The molecule has 0 unspecified atom stereocenters. The van der Waals surface area contributed by atoms with Gasteiger partial charge < -0.3 is 19.7 Å². The van der Waals surface area contributed by atoms with E-state index in [-0.39, 0.29) is 40.7 Å². The molecule has 2 heterocycles. The second kappa shape index (κ2) is 4.58. The van der Waals surface area contributed by atoms with Crippen molar-refractivity contribution in [3.05, 3.63) is 11.1 Å². The summed E-state index contributed by atoms with van der Waals surface area (Å²) in [6, 6.07) is 0. The Balaban J connectivity index is 1.50. The molecule has 2 N–H and O–H groups in total. The highest BCUT2D eigenvalue weighted by molar-refractivity contribution is 6.22. The quantitative estimate of drug-likeness (QED) is 0.405. The first-order valence-corrected chi connectivity index (χ1v) is 10.7. The minimum absolute atomic E-state index is 0.0763. The lowest BCUT2D eigenvalue weighted by Gasteiger charge is -2.59. The first-order chi connectivity index (χ1) is 12.7. The number of aliphatic hydroxyl groups is 2. The van der Waals surface area contributed by atoms with Gasteiger partial charge >= 0.3 is 5.97 Å². The van der Waals surface area contributed by atoms with Crippen molar-refractivity contribution in [1.82, 2.24) is 0 Å². The Morgan fingerprint density at radius 2 is 2.07 bits per heavy atom. The van der Waals surface area contributed by atoms with E-state index in [4.69, 9.17) is 21.1 Å². The molecule has 27 heavy (non-hydrogen) atoms. The van der Waals surface area contributed by atoms with Gasteiger partial charge in [0.25, 0.3) is 0 Å². The van der Waals surface area contributed by atoms with Crippen LogP contribution in [0, 0.1) is 28.6 Å². The zero-order valence-electron chi connectivity index (χ0n) is 16.0. The number of ether oxygens (including phenoxy) is 2. The van der Waals surface area contributed by atoms with Crippen LogP contribution in [0.2, 0.25) is 0 Å². The van der Waals surface area contributed by atoms with Crippen LogP contribution in [0.4, 0.5) is 0 Å². The third kappa shape index (κ3) is 1.49. The molecule has 6 aliphatic rings. The molecule has 4 aliphatic carbocycles. The van der Waals surface area contributed by atoms with Gasteiger partial charge in [0, 0.05) is 11.0 Å². The lowest BCUT2D eigenvalue weighted by atomic mass is 9.45. The molecule has 0 amide bonds. The number of hydrogen-bond acceptors (Lipinski definition) is 5. The smallest absolute Gasteiger partial charge is 0.334 e. The fourth-order valence-corrected chi connectivity index (χ4v) is 8.74. The first kappa shape index (κ1) is 17.3. The average molecular weight is 395 g/mol. The van der Waals surface area contributed by atoms with Crippen LogP contribution in [-0.2, 0) is 14.3 Å². The monoisotopic (exact) mass is 394 g/mol. The van der Waals surface area contributed by atoms with Crippen LogP contribution in [-0.4, -0.2) is 51.6 Å².